The van der Waals surface area contributed by atoms with Gasteiger partial charge in [0.2, 0.25) is 0 Å². The zero-order chi connectivity index (χ0) is 19.1. The molecule has 5 nitrogen and oxygen atoms in total. The lowest BCUT2D eigenvalue weighted by Gasteiger charge is -2.38. The number of para-hydroxylation sites is 1. The highest BCUT2D eigenvalue weighted by molar-refractivity contribution is 7.05. The van der Waals surface area contributed by atoms with Crippen molar-refractivity contribution in [2.24, 2.45) is 0 Å². The molecule has 1 atom stereocenters. The third kappa shape index (κ3) is 3.10. The largest absolute Gasteiger partial charge is 0.381 e. The van der Waals surface area contributed by atoms with E-state index in [-0.39, 0.29) is 5.82 Å². The lowest BCUT2D eigenvalue weighted by molar-refractivity contribution is 0.0569. The van der Waals surface area contributed by atoms with Gasteiger partial charge in [-0.2, -0.15) is 4.37 Å². The minimum absolute atomic E-state index is 0.148. The highest BCUT2D eigenvalue weighted by Gasteiger charge is 2.45. The van der Waals surface area contributed by atoms with E-state index in [2.05, 4.69) is 22.5 Å². The van der Waals surface area contributed by atoms with Crippen molar-refractivity contribution >= 4 is 22.8 Å². The highest BCUT2D eigenvalue weighted by atomic mass is 32.1. The molecule has 0 bridgehead atoms. The molecule has 5 rings (SSSR count). The van der Waals surface area contributed by atoms with Crippen LogP contribution in [-0.4, -0.2) is 53.7 Å². The van der Waals surface area contributed by atoms with E-state index in [0.717, 1.165) is 73.3 Å². The van der Waals surface area contributed by atoms with Crippen LogP contribution in [0, 0.1) is 5.82 Å². The fraction of sp³-hybridized carbons (Fsp3) is 0.524. The van der Waals surface area contributed by atoms with Crippen molar-refractivity contribution in [1.29, 1.82) is 0 Å². The number of halogens is 1. The summed E-state index contributed by atoms with van der Waals surface area (Å²) in [6, 6.07) is 5.68. The second-order valence-electron chi connectivity index (χ2n) is 8.16. The molecular formula is C21H26FN4OS+. The van der Waals surface area contributed by atoms with Gasteiger partial charge in [0.1, 0.15) is 17.2 Å². The van der Waals surface area contributed by atoms with Gasteiger partial charge < -0.3 is 4.74 Å². The van der Waals surface area contributed by atoms with E-state index in [9.17, 15) is 4.39 Å². The van der Waals surface area contributed by atoms with E-state index in [1.165, 1.54) is 24.4 Å². The second-order valence-corrected chi connectivity index (χ2v) is 9.00. The second kappa shape index (κ2) is 7.30. The van der Waals surface area contributed by atoms with Crippen molar-refractivity contribution in [3.8, 4) is 0 Å². The van der Waals surface area contributed by atoms with Gasteiger partial charge in [0, 0.05) is 12.8 Å². The third-order valence-corrected chi connectivity index (χ3v) is 7.07. The number of likely N-dealkylation sites (tertiary alicyclic amines) is 1. The molecule has 3 aliphatic rings. The molecule has 4 heterocycles. The summed E-state index contributed by atoms with van der Waals surface area (Å²) in [7, 11) is 2.11. The monoisotopic (exact) mass is 401 g/mol. The van der Waals surface area contributed by atoms with Crippen LogP contribution in [0.25, 0.3) is 5.57 Å². The van der Waals surface area contributed by atoms with Gasteiger partial charge in [0.05, 0.1) is 37.9 Å². The fourth-order valence-corrected chi connectivity index (χ4v) is 5.57. The molecule has 2 fully saturated rings. The maximum atomic E-state index is 15.0. The van der Waals surface area contributed by atoms with Crippen molar-refractivity contribution in [2.75, 3.05) is 33.4 Å². The lowest BCUT2D eigenvalue weighted by atomic mass is 10.0. The quantitative estimate of drug-likeness (QED) is 0.731. The van der Waals surface area contributed by atoms with E-state index in [0.29, 0.717) is 10.5 Å². The molecule has 2 aromatic rings. The van der Waals surface area contributed by atoms with Crippen molar-refractivity contribution in [1.82, 2.24) is 18.7 Å². The van der Waals surface area contributed by atoms with Gasteiger partial charge in [-0.15, -0.1) is 0 Å². The number of ether oxygens (including phenoxy) is 1. The SMILES string of the molecule is C[N+]1(C2CCOCC2)C=C(c2nsc(CN3CCCC3)n2)c2cccc(F)c21. The van der Waals surface area contributed by atoms with Gasteiger partial charge >= 0.3 is 0 Å². The zero-order valence-corrected chi connectivity index (χ0v) is 17.1. The molecule has 2 saturated heterocycles. The maximum Gasteiger partial charge on any atom is 0.184 e. The Balaban J connectivity index is 1.51. The first-order chi connectivity index (χ1) is 13.6. The van der Waals surface area contributed by atoms with E-state index in [1.807, 2.05) is 6.07 Å². The molecular weight excluding hydrogens is 375 g/mol. The lowest BCUT2D eigenvalue weighted by Crippen LogP contribution is -2.50. The number of aromatic nitrogens is 2. The van der Waals surface area contributed by atoms with Crippen LogP contribution in [-0.2, 0) is 11.3 Å². The first-order valence-corrected chi connectivity index (χ1v) is 10.9. The van der Waals surface area contributed by atoms with Crippen LogP contribution in [0.3, 0.4) is 0 Å². The number of rotatable bonds is 4. The number of hydrogen-bond acceptors (Lipinski definition) is 5. The van der Waals surface area contributed by atoms with Crippen LogP contribution in [0.15, 0.2) is 24.4 Å². The number of benzene rings is 1. The predicted octanol–water partition coefficient (Wildman–Crippen LogP) is 3.79. The molecule has 148 valence electrons. The van der Waals surface area contributed by atoms with Crippen LogP contribution < -0.4 is 4.48 Å². The molecule has 28 heavy (non-hydrogen) atoms. The zero-order valence-electron chi connectivity index (χ0n) is 16.2. The topological polar surface area (TPSA) is 38.2 Å². The van der Waals surface area contributed by atoms with Crippen LogP contribution in [0.4, 0.5) is 10.1 Å². The van der Waals surface area contributed by atoms with Crippen molar-refractivity contribution in [3.63, 3.8) is 0 Å². The van der Waals surface area contributed by atoms with Gasteiger partial charge in [0.25, 0.3) is 0 Å². The Kier molecular flexibility index (Phi) is 4.79. The minimum atomic E-state index is -0.148. The summed E-state index contributed by atoms with van der Waals surface area (Å²) in [5.74, 6) is 0.588. The average Bonchev–Trinajstić information content (AvgIpc) is 3.44. The molecule has 3 aliphatic heterocycles. The third-order valence-electron chi connectivity index (χ3n) is 6.37. The number of nitrogens with zero attached hydrogens (tertiary/aromatic N) is 4. The summed E-state index contributed by atoms with van der Waals surface area (Å²) in [6.07, 6.45) is 6.57. The summed E-state index contributed by atoms with van der Waals surface area (Å²) >= 11 is 1.47. The van der Waals surface area contributed by atoms with Crippen molar-refractivity contribution < 1.29 is 9.13 Å². The summed E-state index contributed by atoms with van der Waals surface area (Å²) in [6.45, 7) is 4.63. The molecule has 0 radical (unpaired) electrons. The van der Waals surface area contributed by atoms with Crippen LogP contribution >= 0.6 is 11.5 Å². The Labute approximate surface area is 169 Å². The molecule has 0 saturated carbocycles. The molecule has 1 unspecified atom stereocenters. The molecule has 1 aromatic heterocycles. The van der Waals surface area contributed by atoms with E-state index in [1.54, 1.807) is 12.1 Å². The highest BCUT2D eigenvalue weighted by Crippen LogP contribution is 2.46. The van der Waals surface area contributed by atoms with Gasteiger partial charge in [-0.3, -0.25) is 9.38 Å². The minimum Gasteiger partial charge on any atom is -0.381 e. The standard InChI is InChI=1S/C21H26FN4OS/c1-26(15-7-11-27-12-8-15)14-17(16-5-4-6-18(22)20(16)26)21-23-19(28-24-21)13-25-9-2-3-10-25/h4-6,14-15H,2-3,7-13H2,1H3/q+1. The Morgan fingerprint density at radius 3 is 2.82 bits per heavy atom. The summed E-state index contributed by atoms with van der Waals surface area (Å²) in [4.78, 5) is 7.27. The summed E-state index contributed by atoms with van der Waals surface area (Å²) in [5.41, 5.74) is 2.65. The maximum absolute atomic E-state index is 15.0. The van der Waals surface area contributed by atoms with Crippen molar-refractivity contribution in [3.05, 3.63) is 46.6 Å². The molecule has 0 aliphatic carbocycles. The Morgan fingerprint density at radius 2 is 2.04 bits per heavy atom. The number of fused-ring (bicyclic) bond motifs is 1. The molecule has 0 spiro atoms. The van der Waals surface area contributed by atoms with Crippen LogP contribution in [0.2, 0.25) is 0 Å². The van der Waals surface area contributed by atoms with Gasteiger partial charge in [-0.1, -0.05) is 6.07 Å². The van der Waals surface area contributed by atoms with E-state index < -0.39 is 0 Å². The van der Waals surface area contributed by atoms with Crippen LogP contribution in [0.5, 0.6) is 0 Å². The van der Waals surface area contributed by atoms with Gasteiger partial charge in [0.15, 0.2) is 17.3 Å². The summed E-state index contributed by atoms with van der Waals surface area (Å²) in [5, 5.41) is 1.04. The molecule has 0 amide bonds. The molecule has 7 heteroatoms. The summed E-state index contributed by atoms with van der Waals surface area (Å²) < 4.78 is 25.7. The smallest absolute Gasteiger partial charge is 0.184 e. The normalized spacial score (nSPS) is 25.9. The average molecular weight is 402 g/mol. The molecule has 0 N–H and O–H groups in total. The van der Waals surface area contributed by atoms with E-state index >= 15 is 0 Å². The van der Waals surface area contributed by atoms with E-state index in [4.69, 9.17) is 9.72 Å². The molecule has 1 aromatic carbocycles. The number of hydrogen-bond donors (Lipinski definition) is 0. The number of quaternary nitrogens is 1. The Bertz CT molecular complexity index is 902. The fourth-order valence-electron chi connectivity index (χ4n) is 4.87. The van der Waals surface area contributed by atoms with Crippen LogP contribution in [0.1, 0.15) is 42.1 Å². The first-order valence-electron chi connectivity index (χ1n) is 10.2. The van der Waals surface area contributed by atoms with Gasteiger partial charge in [-0.25, -0.2) is 9.37 Å². The first kappa shape index (κ1) is 18.4. The van der Waals surface area contributed by atoms with Gasteiger partial charge in [-0.05, 0) is 49.6 Å². The Hall–Kier alpha value is -1.67. The predicted molar refractivity (Wildman–Crippen MR) is 109 cm³/mol. The van der Waals surface area contributed by atoms with Crippen molar-refractivity contribution in [2.45, 2.75) is 38.3 Å². The Morgan fingerprint density at radius 1 is 1.25 bits per heavy atom.